The molecule has 2 amide bonds. The molecule has 2 aromatic heterocycles. The summed E-state index contributed by atoms with van der Waals surface area (Å²) < 4.78 is 5.86. The monoisotopic (exact) mass is 382 g/mol. The number of aromatic nitrogens is 1. The summed E-state index contributed by atoms with van der Waals surface area (Å²) in [5.41, 5.74) is 5.45. The van der Waals surface area contributed by atoms with Gasteiger partial charge in [0.15, 0.2) is 5.76 Å². The first-order valence-corrected chi connectivity index (χ1v) is 9.65. The molecule has 0 aliphatic heterocycles. The Morgan fingerprint density at radius 1 is 1.21 bits per heavy atom. The van der Waals surface area contributed by atoms with Crippen LogP contribution in [0.15, 0.2) is 34.0 Å². The maximum absolute atomic E-state index is 12.5. The van der Waals surface area contributed by atoms with Gasteiger partial charge in [-0.05, 0) is 44.2 Å². The van der Waals surface area contributed by atoms with Gasteiger partial charge in [0.1, 0.15) is 5.76 Å². The largest absolute Gasteiger partial charge is 0.455 e. The van der Waals surface area contributed by atoms with Crippen LogP contribution in [0.1, 0.15) is 70.9 Å². The molecule has 7 nitrogen and oxygen atoms in total. The number of pyridine rings is 1. The van der Waals surface area contributed by atoms with Gasteiger partial charge < -0.3 is 9.73 Å². The van der Waals surface area contributed by atoms with Crippen LogP contribution >= 0.6 is 0 Å². The van der Waals surface area contributed by atoms with E-state index in [-0.39, 0.29) is 11.8 Å². The molecule has 3 rings (SSSR count). The highest BCUT2D eigenvalue weighted by Crippen LogP contribution is 2.29. The van der Waals surface area contributed by atoms with Gasteiger partial charge in [-0.3, -0.25) is 14.6 Å². The minimum absolute atomic E-state index is 0.201. The molecule has 1 aliphatic rings. The van der Waals surface area contributed by atoms with Gasteiger partial charge >= 0.3 is 0 Å². The van der Waals surface area contributed by atoms with Gasteiger partial charge in [0, 0.05) is 42.0 Å². The van der Waals surface area contributed by atoms with Crippen molar-refractivity contribution in [2.75, 3.05) is 6.54 Å². The Kier molecular flexibility index (Phi) is 6.23. The summed E-state index contributed by atoms with van der Waals surface area (Å²) in [6.07, 6.45) is 6.37. The van der Waals surface area contributed by atoms with Crippen molar-refractivity contribution in [3.05, 3.63) is 52.7 Å². The Labute approximate surface area is 164 Å². The number of aryl methyl sites for hydroxylation is 1. The highest BCUT2D eigenvalue weighted by molar-refractivity contribution is 6.07. The van der Waals surface area contributed by atoms with Crippen molar-refractivity contribution in [3.63, 3.8) is 0 Å². The second-order valence-corrected chi connectivity index (χ2v) is 7.38. The van der Waals surface area contributed by atoms with Crippen LogP contribution < -0.4 is 10.7 Å². The molecule has 0 saturated heterocycles. The van der Waals surface area contributed by atoms with Gasteiger partial charge in [0.2, 0.25) is 0 Å². The summed E-state index contributed by atoms with van der Waals surface area (Å²) in [6, 6.07) is 3.26. The van der Waals surface area contributed by atoms with Crippen molar-refractivity contribution in [1.82, 2.24) is 15.7 Å². The Morgan fingerprint density at radius 3 is 2.68 bits per heavy atom. The van der Waals surface area contributed by atoms with Crippen molar-refractivity contribution >= 4 is 17.5 Å². The Balaban J connectivity index is 1.77. The average Bonchev–Trinajstić information content (AvgIpc) is 3.04. The molecule has 0 bridgehead atoms. The van der Waals surface area contributed by atoms with E-state index in [0.29, 0.717) is 23.8 Å². The van der Waals surface area contributed by atoms with Gasteiger partial charge in [0.05, 0.1) is 5.71 Å². The lowest BCUT2D eigenvalue weighted by molar-refractivity contribution is 0.0920. The SMILES string of the molecule is Cc1c(C(=O)NCCC(C)C)oc2c1/C(=N/NC(=O)c1ccncc1)CCC2. The molecule has 0 fully saturated rings. The Morgan fingerprint density at radius 2 is 1.96 bits per heavy atom. The molecule has 0 spiro atoms. The third-order valence-electron chi connectivity index (χ3n) is 4.77. The van der Waals surface area contributed by atoms with E-state index in [2.05, 4.69) is 34.7 Å². The smallest absolute Gasteiger partial charge is 0.287 e. The first-order chi connectivity index (χ1) is 13.5. The second kappa shape index (κ2) is 8.82. The number of hydrogen-bond donors (Lipinski definition) is 2. The van der Waals surface area contributed by atoms with Crippen molar-refractivity contribution in [3.8, 4) is 0 Å². The molecule has 2 aromatic rings. The zero-order chi connectivity index (χ0) is 20.1. The molecule has 2 N–H and O–H groups in total. The van der Waals surface area contributed by atoms with Crippen LogP contribution in [0.5, 0.6) is 0 Å². The van der Waals surface area contributed by atoms with E-state index in [1.54, 1.807) is 24.5 Å². The number of rotatable bonds is 6. The molecular weight excluding hydrogens is 356 g/mol. The topological polar surface area (TPSA) is 96.6 Å². The number of fused-ring (bicyclic) bond motifs is 1. The number of carbonyl (C=O) groups is 2. The van der Waals surface area contributed by atoms with Gasteiger partial charge in [-0.15, -0.1) is 0 Å². The van der Waals surface area contributed by atoms with E-state index in [1.807, 2.05) is 6.92 Å². The molecule has 0 radical (unpaired) electrons. The van der Waals surface area contributed by atoms with Crippen LogP contribution in [0, 0.1) is 12.8 Å². The minimum atomic E-state index is -0.296. The van der Waals surface area contributed by atoms with E-state index < -0.39 is 0 Å². The number of carbonyl (C=O) groups excluding carboxylic acids is 2. The lowest BCUT2D eigenvalue weighted by Gasteiger charge is -2.13. The van der Waals surface area contributed by atoms with Crippen molar-refractivity contribution in [2.45, 2.75) is 46.5 Å². The van der Waals surface area contributed by atoms with Gasteiger partial charge in [-0.2, -0.15) is 5.10 Å². The third-order valence-corrected chi connectivity index (χ3v) is 4.77. The van der Waals surface area contributed by atoms with Gasteiger partial charge in [-0.1, -0.05) is 13.8 Å². The van der Waals surface area contributed by atoms with Crippen molar-refractivity contribution < 1.29 is 14.0 Å². The lowest BCUT2D eigenvalue weighted by Crippen LogP contribution is -2.25. The number of hydrazone groups is 1. The van der Waals surface area contributed by atoms with Crippen LogP contribution in [-0.2, 0) is 6.42 Å². The number of hydrogen-bond acceptors (Lipinski definition) is 5. The highest BCUT2D eigenvalue weighted by Gasteiger charge is 2.28. The molecule has 7 heteroatoms. The fourth-order valence-electron chi connectivity index (χ4n) is 3.24. The van der Waals surface area contributed by atoms with E-state index in [9.17, 15) is 9.59 Å². The Bertz CT molecular complexity index is 885. The van der Waals surface area contributed by atoms with Crippen LogP contribution in [-0.4, -0.2) is 29.1 Å². The van der Waals surface area contributed by atoms with Crippen LogP contribution in [0.3, 0.4) is 0 Å². The number of amides is 2. The van der Waals surface area contributed by atoms with E-state index in [1.165, 1.54) is 0 Å². The minimum Gasteiger partial charge on any atom is -0.455 e. The van der Waals surface area contributed by atoms with Gasteiger partial charge in [0.25, 0.3) is 11.8 Å². The molecule has 28 heavy (non-hydrogen) atoms. The van der Waals surface area contributed by atoms with Gasteiger partial charge in [-0.25, -0.2) is 5.43 Å². The summed E-state index contributed by atoms with van der Waals surface area (Å²) in [5, 5.41) is 7.24. The first-order valence-electron chi connectivity index (χ1n) is 9.65. The molecule has 148 valence electrons. The third kappa shape index (κ3) is 4.47. The van der Waals surface area contributed by atoms with E-state index >= 15 is 0 Å². The molecule has 0 unspecified atom stereocenters. The van der Waals surface area contributed by atoms with E-state index in [0.717, 1.165) is 48.3 Å². The van der Waals surface area contributed by atoms with Crippen molar-refractivity contribution in [1.29, 1.82) is 0 Å². The zero-order valence-electron chi connectivity index (χ0n) is 16.5. The fraction of sp³-hybridized carbons (Fsp3) is 0.429. The van der Waals surface area contributed by atoms with Crippen LogP contribution in [0.4, 0.5) is 0 Å². The fourth-order valence-corrected chi connectivity index (χ4v) is 3.24. The second-order valence-electron chi connectivity index (χ2n) is 7.38. The van der Waals surface area contributed by atoms with Crippen molar-refractivity contribution in [2.24, 2.45) is 11.0 Å². The number of furan rings is 1. The number of nitrogens with one attached hydrogen (secondary N) is 2. The lowest BCUT2D eigenvalue weighted by atomic mass is 9.93. The summed E-state index contributed by atoms with van der Waals surface area (Å²) >= 11 is 0. The zero-order valence-corrected chi connectivity index (χ0v) is 16.5. The quantitative estimate of drug-likeness (QED) is 0.750. The maximum Gasteiger partial charge on any atom is 0.287 e. The molecule has 0 saturated carbocycles. The molecule has 0 aromatic carbocycles. The molecular formula is C21H26N4O3. The first kappa shape index (κ1) is 19.8. The summed E-state index contributed by atoms with van der Waals surface area (Å²) in [5.74, 6) is 1.12. The molecule has 0 atom stereocenters. The summed E-state index contributed by atoms with van der Waals surface area (Å²) in [7, 11) is 0. The maximum atomic E-state index is 12.5. The molecule has 2 heterocycles. The average molecular weight is 382 g/mol. The van der Waals surface area contributed by atoms with E-state index in [4.69, 9.17) is 4.42 Å². The summed E-state index contributed by atoms with van der Waals surface area (Å²) in [4.78, 5) is 28.6. The standard InChI is InChI=1S/C21H26N4O3/c1-13(2)7-12-23-21(27)19-14(3)18-16(5-4-6-17(18)28-19)24-25-20(26)15-8-10-22-11-9-15/h8-11,13H,4-7,12H2,1-3H3,(H,23,27)(H,25,26)/b24-16+. The Hall–Kier alpha value is -2.96. The highest BCUT2D eigenvalue weighted by atomic mass is 16.4. The predicted molar refractivity (Wildman–Crippen MR) is 106 cm³/mol. The number of nitrogens with zero attached hydrogens (tertiary/aromatic N) is 2. The predicted octanol–water partition coefficient (Wildman–Crippen LogP) is 3.23. The summed E-state index contributed by atoms with van der Waals surface area (Å²) in [6.45, 7) is 6.72. The molecule has 1 aliphatic carbocycles. The van der Waals surface area contributed by atoms with Crippen LogP contribution in [0.2, 0.25) is 0 Å². The normalized spacial score (nSPS) is 14.8. The van der Waals surface area contributed by atoms with Crippen LogP contribution in [0.25, 0.3) is 0 Å².